The van der Waals surface area contributed by atoms with Crippen molar-refractivity contribution in [1.82, 2.24) is 4.90 Å². The minimum atomic E-state index is 0.571. The largest absolute Gasteiger partial charge is 0.496 e. The Labute approximate surface area is 110 Å². The molecule has 2 heteroatoms. The molecule has 0 bridgehead atoms. The van der Waals surface area contributed by atoms with Gasteiger partial charge in [-0.1, -0.05) is 31.5 Å². The zero-order valence-electron chi connectivity index (χ0n) is 11.4. The third-order valence-corrected chi connectivity index (χ3v) is 4.74. The van der Waals surface area contributed by atoms with Gasteiger partial charge in [-0.3, -0.25) is 4.90 Å². The van der Waals surface area contributed by atoms with Gasteiger partial charge in [-0.25, -0.2) is 0 Å². The van der Waals surface area contributed by atoms with Crippen LogP contribution in [-0.2, 0) is 0 Å². The Bertz CT molecular complexity index is 417. The van der Waals surface area contributed by atoms with Gasteiger partial charge in [-0.15, -0.1) is 0 Å². The number of methoxy groups -OCH3 is 1. The van der Waals surface area contributed by atoms with Gasteiger partial charge < -0.3 is 4.74 Å². The number of benzene rings is 1. The van der Waals surface area contributed by atoms with Crippen LogP contribution >= 0.6 is 0 Å². The van der Waals surface area contributed by atoms with Crippen molar-refractivity contribution in [2.45, 2.75) is 44.7 Å². The summed E-state index contributed by atoms with van der Waals surface area (Å²) in [6.45, 7) is 3.68. The summed E-state index contributed by atoms with van der Waals surface area (Å²) in [4.78, 5) is 2.73. The maximum atomic E-state index is 5.55. The molecule has 98 valence electrons. The first-order valence-corrected chi connectivity index (χ1v) is 7.20. The van der Waals surface area contributed by atoms with E-state index in [9.17, 15) is 0 Å². The van der Waals surface area contributed by atoms with Crippen LogP contribution in [0.25, 0.3) is 0 Å². The van der Waals surface area contributed by atoms with Crippen molar-refractivity contribution in [2.24, 2.45) is 5.92 Å². The van der Waals surface area contributed by atoms with E-state index in [1.54, 1.807) is 7.11 Å². The molecule has 2 nitrogen and oxygen atoms in total. The molecule has 0 N–H and O–H groups in total. The highest BCUT2D eigenvalue weighted by molar-refractivity contribution is 5.36. The summed E-state index contributed by atoms with van der Waals surface area (Å²) in [5.41, 5.74) is 1.39. The van der Waals surface area contributed by atoms with Gasteiger partial charge in [0, 0.05) is 17.6 Å². The molecule has 3 unspecified atom stereocenters. The van der Waals surface area contributed by atoms with Crippen molar-refractivity contribution >= 4 is 0 Å². The van der Waals surface area contributed by atoms with Crippen molar-refractivity contribution < 1.29 is 4.74 Å². The second-order valence-corrected chi connectivity index (χ2v) is 5.77. The van der Waals surface area contributed by atoms with Crippen LogP contribution in [0.1, 0.15) is 44.2 Å². The molecule has 0 aromatic heterocycles. The van der Waals surface area contributed by atoms with E-state index in [2.05, 4.69) is 36.1 Å². The van der Waals surface area contributed by atoms with Gasteiger partial charge in [-0.05, 0) is 37.8 Å². The molecular weight excluding hydrogens is 222 g/mol. The molecule has 1 aromatic rings. The zero-order chi connectivity index (χ0) is 12.5. The van der Waals surface area contributed by atoms with Gasteiger partial charge in [0.1, 0.15) is 5.75 Å². The van der Waals surface area contributed by atoms with Crippen molar-refractivity contribution in [1.29, 1.82) is 0 Å². The molecule has 2 heterocycles. The van der Waals surface area contributed by atoms with Gasteiger partial charge in [0.25, 0.3) is 0 Å². The molecule has 1 aromatic carbocycles. The van der Waals surface area contributed by atoms with Crippen LogP contribution in [0.2, 0.25) is 0 Å². The molecule has 2 aliphatic rings. The number of piperidine rings is 1. The lowest BCUT2D eigenvalue weighted by Crippen LogP contribution is -2.37. The Morgan fingerprint density at radius 1 is 1.22 bits per heavy atom. The number of hydrogen-bond donors (Lipinski definition) is 0. The van der Waals surface area contributed by atoms with Crippen LogP contribution < -0.4 is 4.74 Å². The maximum absolute atomic E-state index is 5.55. The van der Waals surface area contributed by atoms with Gasteiger partial charge in [0.05, 0.1) is 7.11 Å². The third kappa shape index (κ3) is 1.93. The molecule has 18 heavy (non-hydrogen) atoms. The lowest BCUT2D eigenvalue weighted by Gasteiger charge is -2.35. The molecule has 0 saturated carbocycles. The number of fused-ring (bicyclic) bond motifs is 1. The van der Waals surface area contributed by atoms with E-state index in [-0.39, 0.29) is 0 Å². The second-order valence-electron chi connectivity index (χ2n) is 5.77. The molecule has 2 saturated heterocycles. The average Bonchev–Trinajstić information content (AvgIpc) is 2.77. The number of para-hydroxylation sites is 1. The molecular formula is C16H23NO. The predicted octanol–water partition coefficient (Wildman–Crippen LogP) is 3.63. The van der Waals surface area contributed by atoms with Crippen molar-refractivity contribution in [3.63, 3.8) is 0 Å². The van der Waals surface area contributed by atoms with Gasteiger partial charge in [-0.2, -0.15) is 0 Å². The van der Waals surface area contributed by atoms with Crippen LogP contribution in [-0.4, -0.2) is 24.6 Å². The first-order valence-electron chi connectivity index (χ1n) is 7.20. The van der Waals surface area contributed by atoms with E-state index < -0.39 is 0 Å². The summed E-state index contributed by atoms with van der Waals surface area (Å²) in [6, 6.07) is 9.91. The van der Waals surface area contributed by atoms with Crippen LogP contribution in [0.3, 0.4) is 0 Å². The van der Waals surface area contributed by atoms with E-state index in [1.807, 2.05) is 0 Å². The monoisotopic (exact) mass is 245 g/mol. The molecule has 2 aliphatic heterocycles. The normalized spacial score (nSPS) is 32.2. The van der Waals surface area contributed by atoms with E-state index in [1.165, 1.54) is 37.8 Å². The summed E-state index contributed by atoms with van der Waals surface area (Å²) in [7, 11) is 1.78. The lowest BCUT2D eigenvalue weighted by atomic mass is 9.94. The maximum Gasteiger partial charge on any atom is 0.123 e. The molecule has 0 spiro atoms. The SMILES string of the molecule is COc1ccccc1C1CC(C)C2CCCCN12. The number of ether oxygens (including phenoxy) is 1. The Morgan fingerprint density at radius 2 is 2.06 bits per heavy atom. The van der Waals surface area contributed by atoms with Crippen LogP contribution in [0.15, 0.2) is 24.3 Å². The van der Waals surface area contributed by atoms with Crippen molar-refractivity contribution in [3.05, 3.63) is 29.8 Å². The fraction of sp³-hybridized carbons (Fsp3) is 0.625. The van der Waals surface area contributed by atoms with Crippen molar-refractivity contribution in [3.8, 4) is 5.75 Å². The standard InChI is InChI=1S/C16H23NO/c1-12-11-15(17-10-6-5-8-14(12)17)13-7-3-4-9-16(13)18-2/h3-4,7,9,12,14-15H,5-6,8,10-11H2,1-2H3. The number of rotatable bonds is 2. The first-order chi connectivity index (χ1) is 8.81. The van der Waals surface area contributed by atoms with Crippen molar-refractivity contribution in [2.75, 3.05) is 13.7 Å². The minimum Gasteiger partial charge on any atom is -0.496 e. The molecule has 0 amide bonds. The average molecular weight is 245 g/mol. The quantitative estimate of drug-likeness (QED) is 0.789. The molecule has 0 radical (unpaired) electrons. The van der Waals surface area contributed by atoms with E-state index >= 15 is 0 Å². The Hall–Kier alpha value is -1.02. The van der Waals surface area contributed by atoms with E-state index in [0.29, 0.717) is 6.04 Å². The van der Waals surface area contributed by atoms with Crippen LogP contribution in [0, 0.1) is 5.92 Å². The van der Waals surface area contributed by atoms with E-state index in [0.717, 1.165) is 17.7 Å². The first kappa shape index (κ1) is 12.0. The highest BCUT2D eigenvalue weighted by atomic mass is 16.5. The van der Waals surface area contributed by atoms with Gasteiger partial charge >= 0.3 is 0 Å². The van der Waals surface area contributed by atoms with Gasteiger partial charge in [0.15, 0.2) is 0 Å². The second kappa shape index (κ2) is 4.93. The van der Waals surface area contributed by atoms with Gasteiger partial charge in [0.2, 0.25) is 0 Å². The Balaban J connectivity index is 1.92. The minimum absolute atomic E-state index is 0.571. The lowest BCUT2D eigenvalue weighted by molar-refractivity contribution is 0.136. The smallest absolute Gasteiger partial charge is 0.123 e. The topological polar surface area (TPSA) is 12.5 Å². The Morgan fingerprint density at radius 3 is 2.89 bits per heavy atom. The summed E-state index contributed by atoms with van der Waals surface area (Å²) in [5.74, 6) is 1.88. The third-order valence-electron chi connectivity index (χ3n) is 4.74. The van der Waals surface area contributed by atoms with Crippen LogP contribution in [0.4, 0.5) is 0 Å². The predicted molar refractivity (Wildman–Crippen MR) is 73.9 cm³/mol. The summed E-state index contributed by atoms with van der Waals surface area (Å²) >= 11 is 0. The number of nitrogens with zero attached hydrogens (tertiary/aromatic N) is 1. The summed E-state index contributed by atoms with van der Waals surface area (Å²) in [6.07, 6.45) is 5.43. The number of hydrogen-bond acceptors (Lipinski definition) is 2. The zero-order valence-corrected chi connectivity index (χ0v) is 11.4. The highest BCUT2D eigenvalue weighted by Gasteiger charge is 2.41. The Kier molecular flexibility index (Phi) is 3.29. The summed E-state index contributed by atoms with van der Waals surface area (Å²) in [5, 5.41) is 0. The van der Waals surface area contributed by atoms with Crippen LogP contribution in [0.5, 0.6) is 5.75 Å². The fourth-order valence-corrected chi connectivity index (χ4v) is 3.87. The summed E-state index contributed by atoms with van der Waals surface area (Å²) < 4.78 is 5.55. The molecule has 3 atom stereocenters. The molecule has 0 aliphatic carbocycles. The molecule has 2 fully saturated rings. The fourth-order valence-electron chi connectivity index (χ4n) is 3.87. The van der Waals surface area contributed by atoms with E-state index in [4.69, 9.17) is 4.74 Å². The molecule has 3 rings (SSSR count). The highest BCUT2D eigenvalue weighted by Crippen LogP contribution is 2.45.